The second-order valence-electron chi connectivity index (χ2n) is 3.73. The highest BCUT2D eigenvalue weighted by Crippen LogP contribution is 2.41. The van der Waals surface area contributed by atoms with Gasteiger partial charge in [-0.1, -0.05) is 0 Å². The molecule has 1 aliphatic carbocycles. The van der Waals surface area contributed by atoms with Crippen molar-refractivity contribution in [1.29, 1.82) is 0 Å². The summed E-state index contributed by atoms with van der Waals surface area (Å²) in [6, 6.07) is 0. The largest absolute Gasteiger partial charge is 0.384 e. The fraction of sp³-hybridized carbons (Fsp3) is 0.600. The van der Waals surface area contributed by atoms with E-state index in [-0.39, 0.29) is 5.56 Å². The van der Waals surface area contributed by atoms with Crippen LogP contribution in [0.1, 0.15) is 30.3 Å². The monoisotopic (exact) mass is 272 g/mol. The number of ether oxygens (including phenoxy) is 1. The fourth-order valence-corrected chi connectivity index (χ4v) is 1.98. The van der Waals surface area contributed by atoms with Crippen molar-refractivity contribution in [2.45, 2.75) is 25.2 Å². The van der Waals surface area contributed by atoms with Gasteiger partial charge >= 0.3 is 0 Å². The van der Waals surface area contributed by atoms with Crippen molar-refractivity contribution in [1.82, 2.24) is 9.97 Å². The van der Waals surface area contributed by atoms with E-state index in [1.54, 1.807) is 7.11 Å². The molecule has 1 fully saturated rings. The Kier molecular flexibility index (Phi) is 3.21. The van der Waals surface area contributed by atoms with E-state index in [1.165, 1.54) is 0 Å². The molecule has 0 saturated heterocycles. The Morgan fingerprint density at radius 1 is 1.60 bits per heavy atom. The number of aromatic amines is 1. The summed E-state index contributed by atoms with van der Waals surface area (Å²) in [7, 11) is 1.64. The van der Waals surface area contributed by atoms with Crippen molar-refractivity contribution in [3.05, 3.63) is 26.3 Å². The molecule has 0 atom stereocenters. The molecule has 0 unspecified atom stereocenters. The Morgan fingerprint density at radius 3 is 2.93 bits per heavy atom. The number of nitrogens with one attached hydrogen (secondary N) is 1. The first kappa shape index (κ1) is 10.8. The molecule has 1 aromatic heterocycles. The maximum absolute atomic E-state index is 11.6. The molecular formula is C10H13BrN2O2. The minimum atomic E-state index is -0.0852. The standard InChI is InChI=1S/C10H13BrN2O2/c1-15-5-4-7-12-9(6-2-3-6)8(11)10(14)13-7/h6H,2-5H2,1H3,(H,12,13,14). The molecule has 0 spiro atoms. The van der Waals surface area contributed by atoms with E-state index in [4.69, 9.17) is 4.74 Å². The second kappa shape index (κ2) is 4.45. The number of methoxy groups -OCH3 is 1. The number of rotatable bonds is 4. The third-order valence-electron chi connectivity index (χ3n) is 2.44. The third kappa shape index (κ3) is 2.46. The first-order chi connectivity index (χ1) is 7.22. The molecule has 82 valence electrons. The highest BCUT2D eigenvalue weighted by molar-refractivity contribution is 9.10. The normalized spacial score (nSPS) is 15.6. The average molecular weight is 273 g/mol. The molecule has 0 bridgehead atoms. The SMILES string of the molecule is COCCc1nc(C2CC2)c(Br)c(=O)[nH]1. The lowest BCUT2D eigenvalue weighted by atomic mass is 10.2. The van der Waals surface area contributed by atoms with E-state index in [1.807, 2.05) is 0 Å². The number of aromatic nitrogens is 2. The van der Waals surface area contributed by atoms with Gasteiger partial charge in [-0.25, -0.2) is 4.98 Å². The highest BCUT2D eigenvalue weighted by Gasteiger charge is 2.28. The zero-order valence-electron chi connectivity index (χ0n) is 8.55. The van der Waals surface area contributed by atoms with Crippen molar-refractivity contribution in [3.8, 4) is 0 Å². The average Bonchev–Trinajstić information content (AvgIpc) is 3.03. The van der Waals surface area contributed by atoms with Crippen LogP contribution in [-0.2, 0) is 11.2 Å². The molecule has 1 aromatic rings. The predicted molar refractivity (Wildman–Crippen MR) is 60.1 cm³/mol. The van der Waals surface area contributed by atoms with Crippen LogP contribution in [0, 0.1) is 0 Å². The van der Waals surface area contributed by atoms with Crippen LogP contribution in [0.15, 0.2) is 9.27 Å². The summed E-state index contributed by atoms with van der Waals surface area (Å²) in [4.78, 5) is 18.8. The Morgan fingerprint density at radius 2 is 2.33 bits per heavy atom. The topological polar surface area (TPSA) is 55.0 Å². The van der Waals surface area contributed by atoms with Crippen LogP contribution in [-0.4, -0.2) is 23.7 Å². The van der Waals surface area contributed by atoms with Crippen molar-refractivity contribution in [2.24, 2.45) is 0 Å². The Bertz CT molecular complexity index is 412. The number of hydrogen-bond acceptors (Lipinski definition) is 3. The van der Waals surface area contributed by atoms with Gasteiger partial charge in [0.1, 0.15) is 10.3 Å². The van der Waals surface area contributed by atoms with Crippen LogP contribution >= 0.6 is 15.9 Å². The molecule has 0 radical (unpaired) electrons. The van der Waals surface area contributed by atoms with E-state index in [9.17, 15) is 4.79 Å². The van der Waals surface area contributed by atoms with E-state index in [0.717, 1.165) is 18.5 Å². The molecule has 5 heteroatoms. The van der Waals surface area contributed by atoms with E-state index < -0.39 is 0 Å². The third-order valence-corrected chi connectivity index (χ3v) is 3.21. The first-order valence-electron chi connectivity index (χ1n) is 5.00. The highest BCUT2D eigenvalue weighted by atomic mass is 79.9. The molecule has 4 nitrogen and oxygen atoms in total. The Hall–Kier alpha value is -0.680. The van der Waals surface area contributed by atoms with Gasteiger partial charge in [-0.15, -0.1) is 0 Å². The summed E-state index contributed by atoms with van der Waals surface area (Å²) in [5.41, 5.74) is 0.822. The van der Waals surface area contributed by atoms with Gasteiger partial charge in [0.05, 0.1) is 12.3 Å². The lowest BCUT2D eigenvalue weighted by Gasteiger charge is -2.04. The summed E-state index contributed by atoms with van der Waals surface area (Å²) in [5, 5.41) is 0. The van der Waals surface area contributed by atoms with Gasteiger partial charge in [0.2, 0.25) is 0 Å². The van der Waals surface area contributed by atoms with Crippen molar-refractivity contribution in [2.75, 3.05) is 13.7 Å². The quantitative estimate of drug-likeness (QED) is 0.906. The molecule has 1 aliphatic rings. The smallest absolute Gasteiger partial charge is 0.265 e. The lowest BCUT2D eigenvalue weighted by Crippen LogP contribution is -2.16. The molecule has 1 saturated carbocycles. The maximum atomic E-state index is 11.6. The Labute approximate surface area is 96.2 Å². The fourth-order valence-electron chi connectivity index (χ4n) is 1.47. The van der Waals surface area contributed by atoms with Crippen molar-refractivity contribution < 1.29 is 4.74 Å². The van der Waals surface area contributed by atoms with Crippen LogP contribution in [0.3, 0.4) is 0 Å². The van der Waals surface area contributed by atoms with Gasteiger partial charge in [-0.2, -0.15) is 0 Å². The lowest BCUT2D eigenvalue weighted by molar-refractivity contribution is 0.200. The number of nitrogens with zero attached hydrogens (tertiary/aromatic N) is 1. The molecule has 0 aromatic carbocycles. The van der Waals surface area contributed by atoms with E-state index in [0.29, 0.717) is 29.2 Å². The minimum absolute atomic E-state index is 0.0852. The van der Waals surface area contributed by atoms with Crippen LogP contribution in [0.2, 0.25) is 0 Å². The molecule has 0 aliphatic heterocycles. The van der Waals surface area contributed by atoms with Crippen molar-refractivity contribution >= 4 is 15.9 Å². The summed E-state index contributed by atoms with van der Waals surface area (Å²) in [6.07, 6.45) is 2.93. The molecule has 2 rings (SSSR count). The molecule has 1 heterocycles. The van der Waals surface area contributed by atoms with E-state index >= 15 is 0 Å². The summed E-state index contributed by atoms with van der Waals surface area (Å²) < 4.78 is 5.55. The van der Waals surface area contributed by atoms with Crippen LogP contribution in [0.4, 0.5) is 0 Å². The van der Waals surface area contributed by atoms with Crippen LogP contribution in [0.5, 0.6) is 0 Å². The summed E-state index contributed by atoms with van der Waals surface area (Å²) in [6.45, 7) is 0.578. The molecule has 1 N–H and O–H groups in total. The summed E-state index contributed by atoms with van der Waals surface area (Å²) >= 11 is 3.29. The molecular weight excluding hydrogens is 260 g/mol. The van der Waals surface area contributed by atoms with Gasteiger partial charge in [0, 0.05) is 19.4 Å². The van der Waals surface area contributed by atoms with Gasteiger partial charge in [0.25, 0.3) is 5.56 Å². The number of hydrogen-bond donors (Lipinski definition) is 1. The van der Waals surface area contributed by atoms with Crippen molar-refractivity contribution in [3.63, 3.8) is 0 Å². The number of H-pyrrole nitrogens is 1. The predicted octanol–water partition coefficient (Wildman–Crippen LogP) is 1.60. The Balaban J connectivity index is 2.29. The maximum Gasteiger partial charge on any atom is 0.265 e. The molecule has 15 heavy (non-hydrogen) atoms. The zero-order valence-corrected chi connectivity index (χ0v) is 10.1. The van der Waals surface area contributed by atoms with Gasteiger partial charge in [0.15, 0.2) is 0 Å². The first-order valence-corrected chi connectivity index (χ1v) is 5.79. The van der Waals surface area contributed by atoms with Crippen LogP contribution in [0.25, 0.3) is 0 Å². The molecule has 0 amide bonds. The van der Waals surface area contributed by atoms with Gasteiger partial charge < -0.3 is 9.72 Å². The second-order valence-corrected chi connectivity index (χ2v) is 4.52. The van der Waals surface area contributed by atoms with Gasteiger partial charge in [-0.3, -0.25) is 4.79 Å². The minimum Gasteiger partial charge on any atom is -0.384 e. The summed E-state index contributed by atoms with van der Waals surface area (Å²) in [5.74, 6) is 1.19. The zero-order chi connectivity index (χ0) is 10.8. The van der Waals surface area contributed by atoms with Gasteiger partial charge in [-0.05, 0) is 28.8 Å². The van der Waals surface area contributed by atoms with Crippen LogP contribution < -0.4 is 5.56 Å². The van der Waals surface area contributed by atoms with E-state index in [2.05, 4.69) is 25.9 Å². The number of halogens is 1.